The molecule has 2 saturated heterocycles. The predicted molar refractivity (Wildman–Crippen MR) is 76.1 cm³/mol. The van der Waals surface area contributed by atoms with E-state index in [4.69, 9.17) is 15.6 Å². The molecule has 112 valence electrons. The Morgan fingerprint density at radius 1 is 1.32 bits per heavy atom. The minimum atomic E-state index is -0.413. The molecule has 0 aromatic carbocycles. The second kappa shape index (κ2) is 6.99. The van der Waals surface area contributed by atoms with Gasteiger partial charge in [-0.3, -0.25) is 4.90 Å². The fourth-order valence-electron chi connectivity index (χ4n) is 3.04. The molecule has 0 aromatic heterocycles. The minimum absolute atomic E-state index is 0.0728. The van der Waals surface area contributed by atoms with Crippen LogP contribution in [-0.2, 0) is 4.74 Å². The number of nitrogens with two attached hydrogens (primary N) is 1. The van der Waals surface area contributed by atoms with E-state index in [0.717, 1.165) is 45.7 Å². The van der Waals surface area contributed by atoms with E-state index in [-0.39, 0.29) is 6.61 Å². The summed E-state index contributed by atoms with van der Waals surface area (Å²) in [6.07, 6.45) is 3.24. The van der Waals surface area contributed by atoms with Gasteiger partial charge in [0.2, 0.25) is 0 Å². The molecule has 5 nitrogen and oxygen atoms in total. The molecule has 2 rings (SSSR count). The van der Waals surface area contributed by atoms with E-state index < -0.39 is 5.54 Å². The fourth-order valence-corrected chi connectivity index (χ4v) is 3.04. The van der Waals surface area contributed by atoms with Crippen molar-refractivity contribution in [2.75, 3.05) is 52.5 Å². The normalized spacial score (nSPS) is 29.5. The number of hydrogen-bond acceptors (Lipinski definition) is 5. The van der Waals surface area contributed by atoms with Crippen LogP contribution >= 0.6 is 0 Å². The zero-order chi connectivity index (χ0) is 13.7. The summed E-state index contributed by atoms with van der Waals surface area (Å²) < 4.78 is 5.41. The van der Waals surface area contributed by atoms with Gasteiger partial charge in [-0.15, -0.1) is 0 Å². The van der Waals surface area contributed by atoms with E-state index in [1.54, 1.807) is 0 Å². The topological polar surface area (TPSA) is 62.0 Å². The van der Waals surface area contributed by atoms with Gasteiger partial charge in [0.25, 0.3) is 0 Å². The molecule has 2 heterocycles. The van der Waals surface area contributed by atoms with Crippen LogP contribution in [0.15, 0.2) is 0 Å². The first-order chi connectivity index (χ1) is 9.11. The van der Waals surface area contributed by atoms with E-state index in [0.29, 0.717) is 6.04 Å². The van der Waals surface area contributed by atoms with Gasteiger partial charge in [-0.25, -0.2) is 0 Å². The summed E-state index contributed by atoms with van der Waals surface area (Å²) in [5.41, 5.74) is 5.54. The fraction of sp³-hybridized carbons (Fsp3) is 1.00. The number of likely N-dealkylation sites (tertiary alicyclic amines) is 1. The second-order valence-corrected chi connectivity index (χ2v) is 6.31. The molecule has 2 atom stereocenters. The molecular weight excluding hydrogens is 242 g/mol. The summed E-state index contributed by atoms with van der Waals surface area (Å²) in [5, 5.41) is 9.14. The molecule has 0 spiro atoms. The second-order valence-electron chi connectivity index (χ2n) is 6.31. The largest absolute Gasteiger partial charge is 0.394 e. The van der Waals surface area contributed by atoms with Crippen molar-refractivity contribution in [2.24, 2.45) is 5.73 Å². The van der Waals surface area contributed by atoms with Crippen LogP contribution in [0.25, 0.3) is 0 Å². The Balaban J connectivity index is 1.64. The lowest BCUT2D eigenvalue weighted by Crippen LogP contribution is -2.45. The number of ether oxygens (including phenoxy) is 1. The van der Waals surface area contributed by atoms with Gasteiger partial charge in [-0.2, -0.15) is 0 Å². The van der Waals surface area contributed by atoms with Gasteiger partial charge in [-0.1, -0.05) is 0 Å². The highest BCUT2D eigenvalue weighted by Gasteiger charge is 2.28. The van der Waals surface area contributed by atoms with Crippen molar-refractivity contribution in [1.29, 1.82) is 0 Å². The van der Waals surface area contributed by atoms with Gasteiger partial charge in [0.1, 0.15) is 0 Å². The molecule has 0 aromatic rings. The molecule has 0 radical (unpaired) electrons. The average Bonchev–Trinajstić information content (AvgIpc) is 2.88. The lowest BCUT2D eigenvalue weighted by molar-refractivity contribution is 0.0184. The molecule has 3 N–H and O–H groups in total. The third-order valence-electron chi connectivity index (χ3n) is 4.39. The SMILES string of the molecule is CC(N)(CO)CCCN1CCC(N2CCOCC2)C1. The Morgan fingerprint density at radius 2 is 2.05 bits per heavy atom. The number of nitrogens with zero attached hydrogens (tertiary/aromatic N) is 2. The summed E-state index contributed by atoms with van der Waals surface area (Å²) >= 11 is 0. The summed E-state index contributed by atoms with van der Waals surface area (Å²) in [5.74, 6) is 0. The van der Waals surface area contributed by atoms with Gasteiger partial charge in [0.15, 0.2) is 0 Å². The van der Waals surface area contributed by atoms with Crippen LogP contribution in [0.4, 0.5) is 0 Å². The summed E-state index contributed by atoms with van der Waals surface area (Å²) in [6, 6.07) is 0.714. The predicted octanol–water partition coefficient (Wildman–Crippen LogP) is -0.117. The van der Waals surface area contributed by atoms with Crippen LogP contribution in [0.2, 0.25) is 0 Å². The van der Waals surface area contributed by atoms with E-state index in [9.17, 15) is 0 Å². The highest BCUT2D eigenvalue weighted by molar-refractivity contribution is 4.85. The number of rotatable bonds is 6. The maximum atomic E-state index is 9.14. The number of aliphatic hydroxyl groups excluding tert-OH is 1. The third kappa shape index (κ3) is 4.68. The Kier molecular flexibility index (Phi) is 5.59. The van der Waals surface area contributed by atoms with E-state index in [1.807, 2.05) is 6.92 Å². The van der Waals surface area contributed by atoms with E-state index in [1.165, 1.54) is 19.5 Å². The first-order valence-corrected chi connectivity index (χ1v) is 7.55. The van der Waals surface area contributed by atoms with Crippen molar-refractivity contribution in [2.45, 2.75) is 37.8 Å². The number of morpholine rings is 1. The monoisotopic (exact) mass is 271 g/mol. The Bertz CT molecular complexity index is 267. The molecule has 0 aliphatic carbocycles. The van der Waals surface area contributed by atoms with Crippen molar-refractivity contribution in [3.63, 3.8) is 0 Å². The van der Waals surface area contributed by atoms with E-state index in [2.05, 4.69) is 9.80 Å². The summed E-state index contributed by atoms with van der Waals surface area (Å²) in [4.78, 5) is 5.11. The highest BCUT2D eigenvalue weighted by Crippen LogP contribution is 2.18. The molecule has 5 heteroatoms. The van der Waals surface area contributed by atoms with Crippen LogP contribution in [0, 0.1) is 0 Å². The lowest BCUT2D eigenvalue weighted by Gasteiger charge is -2.32. The van der Waals surface area contributed by atoms with Crippen molar-refractivity contribution < 1.29 is 9.84 Å². The van der Waals surface area contributed by atoms with Crippen LogP contribution < -0.4 is 5.73 Å². The van der Waals surface area contributed by atoms with Crippen LogP contribution in [0.3, 0.4) is 0 Å². The summed E-state index contributed by atoms with van der Waals surface area (Å²) in [7, 11) is 0. The number of hydrogen-bond donors (Lipinski definition) is 2. The highest BCUT2D eigenvalue weighted by atomic mass is 16.5. The maximum absolute atomic E-state index is 9.14. The molecule has 0 amide bonds. The molecule has 19 heavy (non-hydrogen) atoms. The van der Waals surface area contributed by atoms with Crippen LogP contribution in [0.5, 0.6) is 0 Å². The van der Waals surface area contributed by atoms with Crippen LogP contribution in [-0.4, -0.2) is 79.0 Å². The molecule has 2 aliphatic rings. The van der Waals surface area contributed by atoms with Crippen molar-refractivity contribution in [1.82, 2.24) is 9.80 Å². The molecule has 2 fully saturated rings. The summed E-state index contributed by atoms with van der Waals surface area (Å²) in [6.45, 7) is 9.43. The first-order valence-electron chi connectivity index (χ1n) is 7.55. The Morgan fingerprint density at radius 3 is 2.74 bits per heavy atom. The number of aliphatic hydroxyl groups is 1. The molecule has 0 saturated carbocycles. The molecule has 2 aliphatic heterocycles. The zero-order valence-electron chi connectivity index (χ0n) is 12.2. The van der Waals surface area contributed by atoms with Gasteiger partial charge in [-0.05, 0) is 39.3 Å². The minimum Gasteiger partial charge on any atom is -0.394 e. The lowest BCUT2D eigenvalue weighted by atomic mass is 9.98. The Labute approximate surface area is 116 Å². The smallest absolute Gasteiger partial charge is 0.0608 e. The molecule has 0 bridgehead atoms. The van der Waals surface area contributed by atoms with Crippen molar-refractivity contribution in [3.8, 4) is 0 Å². The van der Waals surface area contributed by atoms with Gasteiger partial charge in [0.05, 0.1) is 19.8 Å². The third-order valence-corrected chi connectivity index (χ3v) is 4.39. The van der Waals surface area contributed by atoms with Crippen LogP contribution in [0.1, 0.15) is 26.2 Å². The van der Waals surface area contributed by atoms with E-state index >= 15 is 0 Å². The van der Waals surface area contributed by atoms with Gasteiger partial charge >= 0.3 is 0 Å². The van der Waals surface area contributed by atoms with Crippen molar-refractivity contribution >= 4 is 0 Å². The first kappa shape index (κ1) is 15.2. The quantitative estimate of drug-likeness (QED) is 0.705. The van der Waals surface area contributed by atoms with Gasteiger partial charge < -0.3 is 20.5 Å². The standard InChI is InChI=1S/C14H29N3O2/c1-14(15,12-18)4-2-5-16-6-3-13(11-16)17-7-9-19-10-8-17/h13,18H,2-12,15H2,1H3. The van der Waals surface area contributed by atoms with Crippen molar-refractivity contribution in [3.05, 3.63) is 0 Å². The maximum Gasteiger partial charge on any atom is 0.0608 e. The zero-order valence-corrected chi connectivity index (χ0v) is 12.2. The Hall–Kier alpha value is -0.200. The van der Waals surface area contributed by atoms with Gasteiger partial charge in [0, 0.05) is 31.2 Å². The average molecular weight is 271 g/mol. The molecular formula is C14H29N3O2. The molecule has 2 unspecified atom stereocenters.